The molecule has 0 aliphatic carbocycles. The lowest BCUT2D eigenvalue weighted by Crippen LogP contribution is -2.28. The zero-order chi connectivity index (χ0) is 20.8. The van der Waals surface area contributed by atoms with Gasteiger partial charge in [0.05, 0.1) is 12.6 Å². The number of nitrogens with zero attached hydrogens (tertiary/aromatic N) is 1. The summed E-state index contributed by atoms with van der Waals surface area (Å²) in [6.07, 6.45) is 3.33. The van der Waals surface area contributed by atoms with E-state index in [0.29, 0.717) is 6.42 Å². The predicted octanol–water partition coefficient (Wildman–Crippen LogP) is 3.70. The van der Waals surface area contributed by atoms with E-state index in [0.717, 1.165) is 39.7 Å². The van der Waals surface area contributed by atoms with Crippen molar-refractivity contribution in [2.24, 2.45) is 0 Å². The molecule has 1 heterocycles. The molecular formula is C23H25N3O3. The molecule has 150 valence electrons. The maximum absolute atomic E-state index is 12.4. The van der Waals surface area contributed by atoms with Gasteiger partial charge < -0.3 is 10.1 Å². The molecule has 0 unspecified atom stereocenters. The van der Waals surface area contributed by atoms with E-state index in [-0.39, 0.29) is 18.0 Å². The van der Waals surface area contributed by atoms with Gasteiger partial charge in [-0.05, 0) is 54.7 Å². The maximum atomic E-state index is 12.4. The highest BCUT2D eigenvalue weighted by molar-refractivity contribution is 5.98. The highest BCUT2D eigenvalue weighted by atomic mass is 16.5. The molecule has 0 aliphatic heterocycles. The van der Waals surface area contributed by atoms with Crippen LogP contribution >= 0.6 is 0 Å². The number of aromatic amines is 1. The fourth-order valence-electron chi connectivity index (χ4n) is 3.23. The van der Waals surface area contributed by atoms with Crippen molar-refractivity contribution < 1.29 is 14.3 Å². The lowest BCUT2D eigenvalue weighted by Gasteiger charge is -2.09. The predicted molar refractivity (Wildman–Crippen MR) is 113 cm³/mol. The Labute approximate surface area is 170 Å². The highest BCUT2D eigenvalue weighted by Gasteiger charge is 2.15. The summed E-state index contributed by atoms with van der Waals surface area (Å²) in [4.78, 5) is 24.6. The van der Waals surface area contributed by atoms with Crippen LogP contribution in [0.3, 0.4) is 0 Å². The topological polar surface area (TPSA) is 84.1 Å². The largest absolute Gasteiger partial charge is 0.464 e. The third-order valence-corrected chi connectivity index (χ3v) is 4.81. The number of hydrogen-bond acceptors (Lipinski definition) is 4. The molecule has 2 aromatic carbocycles. The summed E-state index contributed by atoms with van der Waals surface area (Å²) in [6.45, 7) is 4.01. The van der Waals surface area contributed by atoms with Gasteiger partial charge in [-0.25, -0.2) is 4.79 Å². The number of esters is 1. The average molecular weight is 391 g/mol. The van der Waals surface area contributed by atoms with Crippen molar-refractivity contribution in [1.29, 1.82) is 0 Å². The maximum Gasteiger partial charge on any atom is 0.354 e. The van der Waals surface area contributed by atoms with Crippen molar-refractivity contribution >= 4 is 28.9 Å². The van der Waals surface area contributed by atoms with E-state index < -0.39 is 5.97 Å². The van der Waals surface area contributed by atoms with E-state index in [4.69, 9.17) is 4.74 Å². The van der Waals surface area contributed by atoms with Gasteiger partial charge in [0.25, 0.3) is 0 Å². The SMILES string of the molecule is CCc1cc(/C=C(\NC(=O)CCc2ccccc2)C(=O)OC)cc2c(C)[nH]nc12. The number of aromatic nitrogens is 2. The zero-order valence-corrected chi connectivity index (χ0v) is 16.9. The summed E-state index contributed by atoms with van der Waals surface area (Å²) in [7, 11) is 1.30. The molecule has 1 aromatic heterocycles. The number of carbonyl (C=O) groups is 2. The molecule has 6 heteroatoms. The van der Waals surface area contributed by atoms with Gasteiger partial charge in [0.15, 0.2) is 0 Å². The molecule has 0 aliphatic rings. The van der Waals surface area contributed by atoms with Crippen LogP contribution in [0, 0.1) is 6.92 Å². The zero-order valence-electron chi connectivity index (χ0n) is 16.9. The first-order chi connectivity index (χ1) is 14.0. The van der Waals surface area contributed by atoms with Crippen LogP contribution in [-0.4, -0.2) is 29.2 Å². The summed E-state index contributed by atoms with van der Waals surface area (Å²) < 4.78 is 4.86. The monoisotopic (exact) mass is 391 g/mol. The summed E-state index contributed by atoms with van der Waals surface area (Å²) >= 11 is 0. The Bertz CT molecular complexity index is 1050. The van der Waals surface area contributed by atoms with Crippen LogP contribution in [-0.2, 0) is 27.2 Å². The van der Waals surface area contributed by atoms with E-state index in [1.165, 1.54) is 7.11 Å². The molecule has 0 bridgehead atoms. The first-order valence-electron chi connectivity index (χ1n) is 9.63. The number of H-pyrrole nitrogens is 1. The van der Waals surface area contributed by atoms with Crippen molar-refractivity contribution in [3.63, 3.8) is 0 Å². The Hall–Kier alpha value is -3.41. The molecule has 3 aromatic rings. The van der Waals surface area contributed by atoms with Gasteiger partial charge in [-0.3, -0.25) is 9.89 Å². The summed E-state index contributed by atoms with van der Waals surface area (Å²) in [5, 5.41) is 11.1. The number of fused-ring (bicyclic) bond motifs is 1. The number of nitrogens with one attached hydrogen (secondary N) is 2. The quantitative estimate of drug-likeness (QED) is 0.475. The first kappa shape index (κ1) is 20.3. The van der Waals surface area contributed by atoms with Gasteiger partial charge in [-0.2, -0.15) is 5.10 Å². The number of methoxy groups -OCH3 is 1. The number of benzene rings is 2. The summed E-state index contributed by atoms with van der Waals surface area (Å²) in [6, 6.07) is 13.7. The van der Waals surface area contributed by atoms with E-state index in [1.807, 2.05) is 49.4 Å². The van der Waals surface area contributed by atoms with E-state index >= 15 is 0 Å². The second-order valence-electron chi connectivity index (χ2n) is 6.86. The molecule has 0 spiro atoms. The van der Waals surface area contributed by atoms with Crippen LogP contribution in [0.15, 0.2) is 48.2 Å². The molecule has 0 saturated heterocycles. The lowest BCUT2D eigenvalue weighted by atomic mass is 10.0. The van der Waals surface area contributed by atoms with Crippen LogP contribution in [0.2, 0.25) is 0 Å². The van der Waals surface area contributed by atoms with Crippen LogP contribution in [0.25, 0.3) is 17.0 Å². The fourth-order valence-corrected chi connectivity index (χ4v) is 3.23. The Kier molecular flexibility index (Phi) is 6.44. The molecular weight excluding hydrogens is 366 g/mol. The van der Waals surface area contributed by atoms with Gasteiger partial charge in [0.1, 0.15) is 5.70 Å². The molecule has 0 radical (unpaired) electrons. The first-order valence-corrected chi connectivity index (χ1v) is 9.63. The van der Waals surface area contributed by atoms with Crippen molar-refractivity contribution in [3.05, 3.63) is 70.5 Å². The number of amides is 1. The second-order valence-corrected chi connectivity index (χ2v) is 6.86. The lowest BCUT2D eigenvalue weighted by molar-refractivity contribution is -0.137. The van der Waals surface area contributed by atoms with E-state index in [1.54, 1.807) is 6.08 Å². The molecule has 3 rings (SSSR count). The van der Waals surface area contributed by atoms with Gasteiger partial charge in [0, 0.05) is 17.5 Å². The van der Waals surface area contributed by atoms with Gasteiger partial charge in [-0.1, -0.05) is 37.3 Å². The number of hydrogen-bond donors (Lipinski definition) is 2. The number of rotatable bonds is 7. The van der Waals surface area contributed by atoms with Crippen molar-refractivity contribution in [3.8, 4) is 0 Å². The number of ether oxygens (including phenoxy) is 1. The van der Waals surface area contributed by atoms with Crippen molar-refractivity contribution in [2.45, 2.75) is 33.1 Å². The second kappa shape index (κ2) is 9.19. The van der Waals surface area contributed by atoms with Gasteiger partial charge in [-0.15, -0.1) is 0 Å². The normalized spacial score (nSPS) is 11.5. The van der Waals surface area contributed by atoms with Crippen LogP contribution in [0.1, 0.15) is 35.7 Å². The van der Waals surface area contributed by atoms with E-state index in [2.05, 4.69) is 22.4 Å². The molecule has 0 saturated carbocycles. The number of aryl methyl sites for hydroxylation is 3. The Morgan fingerprint density at radius 2 is 1.97 bits per heavy atom. The van der Waals surface area contributed by atoms with Gasteiger partial charge >= 0.3 is 5.97 Å². The smallest absolute Gasteiger partial charge is 0.354 e. The minimum Gasteiger partial charge on any atom is -0.464 e. The van der Waals surface area contributed by atoms with Crippen LogP contribution in [0.5, 0.6) is 0 Å². The van der Waals surface area contributed by atoms with Crippen molar-refractivity contribution in [2.75, 3.05) is 7.11 Å². The summed E-state index contributed by atoms with van der Waals surface area (Å²) in [5.74, 6) is -0.818. The molecule has 0 atom stereocenters. The minimum absolute atomic E-state index is 0.119. The molecule has 1 amide bonds. The van der Waals surface area contributed by atoms with Crippen molar-refractivity contribution in [1.82, 2.24) is 15.5 Å². The number of carbonyl (C=O) groups excluding carboxylic acids is 2. The third kappa shape index (κ3) is 4.90. The average Bonchev–Trinajstić information content (AvgIpc) is 3.12. The fraction of sp³-hybridized carbons (Fsp3) is 0.261. The minimum atomic E-state index is -0.583. The Morgan fingerprint density at radius 3 is 2.66 bits per heavy atom. The van der Waals surface area contributed by atoms with Crippen LogP contribution < -0.4 is 5.32 Å². The molecule has 29 heavy (non-hydrogen) atoms. The summed E-state index contributed by atoms with van der Waals surface area (Å²) in [5.41, 5.74) is 4.94. The molecule has 0 fully saturated rings. The van der Waals surface area contributed by atoms with E-state index in [9.17, 15) is 9.59 Å². The molecule has 2 N–H and O–H groups in total. The Balaban J connectivity index is 1.83. The van der Waals surface area contributed by atoms with Crippen LogP contribution in [0.4, 0.5) is 0 Å². The standard InChI is InChI=1S/C23H25N3O3/c1-4-18-12-17(13-19-15(2)25-26-22(18)19)14-20(23(28)29-3)24-21(27)11-10-16-8-6-5-7-9-16/h5-9,12-14H,4,10-11H2,1-3H3,(H,24,27)(H,25,26)/b20-14-. The Morgan fingerprint density at radius 1 is 1.21 bits per heavy atom. The molecule has 6 nitrogen and oxygen atoms in total. The highest BCUT2D eigenvalue weighted by Crippen LogP contribution is 2.23. The third-order valence-electron chi connectivity index (χ3n) is 4.81. The van der Waals surface area contributed by atoms with Gasteiger partial charge in [0.2, 0.25) is 5.91 Å².